The molecule has 1 unspecified atom stereocenters. The summed E-state index contributed by atoms with van der Waals surface area (Å²) in [6, 6.07) is 8.08. The zero-order chi connectivity index (χ0) is 13.5. The van der Waals surface area contributed by atoms with Gasteiger partial charge in [-0.3, -0.25) is 4.79 Å². The fraction of sp³-hybridized carbons (Fsp3) is 0.429. The quantitative estimate of drug-likeness (QED) is 0.798. The molecule has 1 aliphatic heterocycles. The van der Waals surface area contributed by atoms with Gasteiger partial charge in [0.25, 0.3) is 0 Å². The predicted octanol–water partition coefficient (Wildman–Crippen LogP) is 3.41. The molecule has 0 radical (unpaired) electrons. The van der Waals surface area contributed by atoms with Gasteiger partial charge in [-0.2, -0.15) is 5.26 Å². The number of rotatable bonds is 1. The van der Waals surface area contributed by atoms with Crippen LogP contribution in [0.1, 0.15) is 25.8 Å². The van der Waals surface area contributed by atoms with E-state index in [2.05, 4.69) is 22.0 Å². The van der Waals surface area contributed by atoms with Crippen molar-refractivity contribution in [3.63, 3.8) is 0 Å². The first-order valence-electron chi connectivity index (χ1n) is 5.86. The van der Waals surface area contributed by atoms with E-state index in [9.17, 15) is 4.79 Å². The SMILES string of the molecule is Cc1cc(Br)ccc1N1C(=O)CC(C#N)C1(C)C. The summed E-state index contributed by atoms with van der Waals surface area (Å²) in [6.45, 7) is 5.88. The molecule has 0 spiro atoms. The van der Waals surface area contributed by atoms with Gasteiger partial charge in [-0.1, -0.05) is 15.9 Å². The number of amides is 1. The highest BCUT2D eigenvalue weighted by atomic mass is 79.9. The second kappa shape index (κ2) is 4.40. The monoisotopic (exact) mass is 306 g/mol. The summed E-state index contributed by atoms with van der Waals surface area (Å²) >= 11 is 3.42. The Bertz CT molecular complexity index is 545. The van der Waals surface area contributed by atoms with Crippen LogP contribution in [0.4, 0.5) is 5.69 Å². The summed E-state index contributed by atoms with van der Waals surface area (Å²) in [4.78, 5) is 13.9. The summed E-state index contributed by atoms with van der Waals surface area (Å²) in [7, 11) is 0. The maximum absolute atomic E-state index is 12.2. The number of carbonyl (C=O) groups is 1. The van der Waals surface area contributed by atoms with Gasteiger partial charge < -0.3 is 4.90 Å². The normalized spacial score (nSPS) is 22.1. The number of anilines is 1. The van der Waals surface area contributed by atoms with Crippen LogP contribution in [-0.2, 0) is 4.79 Å². The van der Waals surface area contributed by atoms with Crippen molar-refractivity contribution >= 4 is 27.5 Å². The van der Waals surface area contributed by atoms with Crippen LogP contribution in [0.15, 0.2) is 22.7 Å². The molecule has 1 amide bonds. The number of nitrogens with zero attached hydrogens (tertiary/aromatic N) is 2. The standard InChI is InChI=1S/C14H15BrN2O/c1-9-6-11(15)4-5-12(9)17-13(18)7-10(8-16)14(17,2)3/h4-6,10H,7H2,1-3H3. The third-order valence-corrected chi connectivity index (χ3v) is 4.11. The predicted molar refractivity (Wildman–Crippen MR) is 74.2 cm³/mol. The van der Waals surface area contributed by atoms with Gasteiger partial charge >= 0.3 is 0 Å². The Hall–Kier alpha value is -1.34. The molecule has 1 fully saturated rings. The van der Waals surface area contributed by atoms with Crippen LogP contribution in [0.2, 0.25) is 0 Å². The minimum Gasteiger partial charge on any atom is -0.305 e. The fourth-order valence-electron chi connectivity index (χ4n) is 2.51. The van der Waals surface area contributed by atoms with E-state index in [1.807, 2.05) is 39.0 Å². The molecule has 1 aromatic carbocycles. The van der Waals surface area contributed by atoms with Crippen molar-refractivity contribution in [2.24, 2.45) is 5.92 Å². The molecule has 1 saturated heterocycles. The Morgan fingerprint density at radius 3 is 2.67 bits per heavy atom. The number of carbonyl (C=O) groups excluding carboxylic acids is 1. The van der Waals surface area contributed by atoms with Gasteiger partial charge in [-0.25, -0.2) is 0 Å². The lowest BCUT2D eigenvalue weighted by molar-refractivity contribution is -0.117. The molecule has 0 saturated carbocycles. The number of nitriles is 1. The van der Waals surface area contributed by atoms with Crippen LogP contribution in [-0.4, -0.2) is 11.4 Å². The van der Waals surface area contributed by atoms with Crippen LogP contribution in [0.25, 0.3) is 0 Å². The van der Waals surface area contributed by atoms with Crippen molar-refractivity contribution in [1.82, 2.24) is 0 Å². The molecular formula is C14H15BrN2O. The van der Waals surface area contributed by atoms with Crippen molar-refractivity contribution < 1.29 is 4.79 Å². The van der Waals surface area contributed by atoms with Gasteiger partial charge in [0, 0.05) is 16.6 Å². The van der Waals surface area contributed by atoms with Crippen LogP contribution < -0.4 is 4.90 Å². The molecule has 2 rings (SSSR count). The van der Waals surface area contributed by atoms with E-state index in [4.69, 9.17) is 5.26 Å². The number of hydrogen-bond acceptors (Lipinski definition) is 2. The van der Waals surface area contributed by atoms with Gasteiger partial charge in [0.1, 0.15) is 0 Å². The molecule has 1 atom stereocenters. The Morgan fingerprint density at radius 2 is 2.17 bits per heavy atom. The first-order chi connectivity index (χ1) is 8.37. The van der Waals surface area contributed by atoms with Gasteiger partial charge in [0.15, 0.2) is 0 Å². The van der Waals surface area contributed by atoms with Crippen LogP contribution in [0.3, 0.4) is 0 Å². The van der Waals surface area contributed by atoms with E-state index < -0.39 is 5.54 Å². The Kier molecular flexibility index (Phi) is 3.20. The summed E-state index contributed by atoms with van der Waals surface area (Å²) in [5.41, 5.74) is 1.47. The molecule has 1 aliphatic rings. The van der Waals surface area contributed by atoms with Crippen molar-refractivity contribution in [2.45, 2.75) is 32.7 Å². The lowest BCUT2D eigenvalue weighted by atomic mass is 9.89. The number of benzene rings is 1. The van der Waals surface area contributed by atoms with Crippen molar-refractivity contribution in [3.8, 4) is 6.07 Å². The van der Waals surface area contributed by atoms with E-state index >= 15 is 0 Å². The maximum atomic E-state index is 12.2. The highest BCUT2D eigenvalue weighted by Gasteiger charge is 2.47. The minimum absolute atomic E-state index is 0.0250. The highest BCUT2D eigenvalue weighted by Crippen LogP contribution is 2.40. The molecule has 1 aromatic rings. The van der Waals surface area contributed by atoms with Gasteiger partial charge in [-0.05, 0) is 44.5 Å². The van der Waals surface area contributed by atoms with Crippen LogP contribution in [0.5, 0.6) is 0 Å². The second-order valence-corrected chi connectivity index (χ2v) is 6.12. The molecule has 0 aromatic heterocycles. The van der Waals surface area contributed by atoms with Gasteiger partial charge in [-0.15, -0.1) is 0 Å². The van der Waals surface area contributed by atoms with Crippen molar-refractivity contribution in [3.05, 3.63) is 28.2 Å². The van der Waals surface area contributed by atoms with Crippen molar-refractivity contribution in [2.75, 3.05) is 4.90 Å². The Labute approximate surface area is 116 Å². The van der Waals surface area contributed by atoms with E-state index in [1.54, 1.807) is 4.90 Å². The van der Waals surface area contributed by atoms with E-state index in [0.717, 1.165) is 15.7 Å². The summed E-state index contributed by atoms with van der Waals surface area (Å²) < 4.78 is 0.991. The van der Waals surface area contributed by atoms with Crippen molar-refractivity contribution in [1.29, 1.82) is 5.26 Å². The third-order valence-electron chi connectivity index (χ3n) is 3.61. The highest BCUT2D eigenvalue weighted by molar-refractivity contribution is 9.10. The summed E-state index contributed by atoms with van der Waals surface area (Å²) in [6.07, 6.45) is 0.305. The van der Waals surface area contributed by atoms with E-state index in [0.29, 0.717) is 6.42 Å². The molecule has 18 heavy (non-hydrogen) atoms. The molecule has 0 aliphatic carbocycles. The van der Waals surface area contributed by atoms with Crippen LogP contribution in [0, 0.1) is 24.2 Å². The number of halogens is 1. The van der Waals surface area contributed by atoms with E-state index in [1.165, 1.54) is 0 Å². The minimum atomic E-state index is -0.454. The Morgan fingerprint density at radius 1 is 1.50 bits per heavy atom. The summed E-state index contributed by atoms with van der Waals surface area (Å²) in [5, 5.41) is 9.16. The fourth-order valence-corrected chi connectivity index (χ4v) is 2.99. The number of aryl methyl sites for hydroxylation is 1. The smallest absolute Gasteiger partial charge is 0.228 e. The average Bonchev–Trinajstić information content (AvgIpc) is 2.50. The van der Waals surface area contributed by atoms with Crippen LogP contribution >= 0.6 is 15.9 Å². The zero-order valence-corrected chi connectivity index (χ0v) is 12.3. The zero-order valence-electron chi connectivity index (χ0n) is 10.7. The molecule has 94 valence electrons. The molecule has 0 bridgehead atoms. The number of hydrogen-bond donors (Lipinski definition) is 0. The molecule has 3 nitrogen and oxygen atoms in total. The lowest BCUT2D eigenvalue weighted by Gasteiger charge is -2.34. The van der Waals surface area contributed by atoms with Gasteiger partial charge in [0.05, 0.1) is 17.5 Å². The molecule has 1 heterocycles. The Balaban J connectivity index is 2.50. The summed E-state index contributed by atoms with van der Waals surface area (Å²) in [5.74, 6) is -0.231. The first-order valence-corrected chi connectivity index (χ1v) is 6.66. The average molecular weight is 307 g/mol. The largest absolute Gasteiger partial charge is 0.305 e. The second-order valence-electron chi connectivity index (χ2n) is 5.20. The molecular weight excluding hydrogens is 292 g/mol. The first kappa shape index (κ1) is 13.1. The third kappa shape index (κ3) is 1.93. The van der Waals surface area contributed by atoms with Gasteiger partial charge in [0.2, 0.25) is 5.91 Å². The maximum Gasteiger partial charge on any atom is 0.228 e. The van der Waals surface area contributed by atoms with E-state index in [-0.39, 0.29) is 11.8 Å². The molecule has 4 heteroatoms. The lowest BCUT2D eigenvalue weighted by Crippen LogP contribution is -2.44. The topological polar surface area (TPSA) is 44.1 Å². The molecule has 0 N–H and O–H groups in total.